The van der Waals surface area contributed by atoms with E-state index in [1.807, 2.05) is 11.0 Å². The van der Waals surface area contributed by atoms with Crippen molar-refractivity contribution in [1.82, 2.24) is 4.90 Å². The van der Waals surface area contributed by atoms with Crippen LogP contribution in [0.15, 0.2) is 28.5 Å². The minimum atomic E-state index is 0.103. The largest absolute Gasteiger partial charge is 0.496 e. The molecule has 3 unspecified atom stereocenters. The molecule has 1 aliphatic heterocycles. The Morgan fingerprint density at radius 1 is 1.20 bits per heavy atom. The minimum Gasteiger partial charge on any atom is -0.496 e. The number of aryl methyl sites for hydroxylation is 1. The molecule has 30 heavy (non-hydrogen) atoms. The molecule has 5 rings (SSSR count). The number of carbonyl (C=O) groups is 1. The molecule has 1 saturated heterocycles. The Labute approximate surface area is 191 Å². The van der Waals surface area contributed by atoms with Gasteiger partial charge >= 0.3 is 0 Å². The zero-order valence-corrected chi connectivity index (χ0v) is 19.9. The Balaban J connectivity index is 1.41. The van der Waals surface area contributed by atoms with Gasteiger partial charge in [-0.05, 0) is 90.8 Å². The molecular weight excluding hydrogens is 430 g/mol. The molecule has 2 heterocycles. The van der Waals surface area contributed by atoms with Crippen LogP contribution in [0, 0.1) is 25.7 Å². The summed E-state index contributed by atoms with van der Waals surface area (Å²) >= 11 is 8.75. The Kier molecular flexibility index (Phi) is 5.28. The van der Waals surface area contributed by atoms with Crippen molar-refractivity contribution in [3.05, 3.63) is 44.5 Å². The first-order valence-corrected chi connectivity index (χ1v) is 12.6. The Bertz CT molecular complexity index is 1070. The number of thiocarbonyl (C=S) groups is 1. The second-order valence-corrected chi connectivity index (χ2v) is 11.3. The summed E-state index contributed by atoms with van der Waals surface area (Å²) in [7, 11) is 1.71. The van der Waals surface area contributed by atoms with Crippen molar-refractivity contribution in [2.24, 2.45) is 11.8 Å². The van der Waals surface area contributed by atoms with E-state index in [-0.39, 0.29) is 5.91 Å². The first-order valence-electron chi connectivity index (χ1n) is 10.5. The maximum atomic E-state index is 13.2. The Morgan fingerprint density at radius 2 is 2.03 bits per heavy atom. The molecule has 3 aliphatic rings. The van der Waals surface area contributed by atoms with Gasteiger partial charge in [-0.25, -0.2) is 0 Å². The van der Waals surface area contributed by atoms with Crippen LogP contribution in [0.4, 0.5) is 0 Å². The number of ether oxygens (including phenoxy) is 1. The van der Waals surface area contributed by atoms with E-state index in [4.69, 9.17) is 17.0 Å². The molecule has 3 atom stereocenters. The molecule has 1 aromatic heterocycles. The summed E-state index contributed by atoms with van der Waals surface area (Å²) < 4.78 is 6.27. The highest BCUT2D eigenvalue weighted by molar-refractivity contribution is 8.26. The lowest BCUT2D eigenvalue weighted by Gasteiger charge is -2.30. The average Bonchev–Trinajstić information content (AvgIpc) is 3.49. The number of thiophene rings is 1. The lowest BCUT2D eigenvalue weighted by Crippen LogP contribution is -2.41. The van der Waals surface area contributed by atoms with Gasteiger partial charge in [-0.1, -0.05) is 36.5 Å². The summed E-state index contributed by atoms with van der Waals surface area (Å²) in [5.41, 5.74) is 4.65. The minimum absolute atomic E-state index is 0.103. The van der Waals surface area contributed by atoms with E-state index in [1.165, 1.54) is 42.2 Å². The fourth-order valence-corrected chi connectivity index (χ4v) is 7.61. The van der Waals surface area contributed by atoms with Crippen LogP contribution < -0.4 is 4.74 Å². The number of hydrogen-bond donors (Lipinski definition) is 0. The molecule has 1 aromatic carbocycles. The predicted molar refractivity (Wildman–Crippen MR) is 130 cm³/mol. The SMILES string of the molecule is COc1cc(C)cc(-c2csc(/C=C3/SC(=S)N(C4CC5CCC4C5)C3=O)c2)c1C. The molecule has 3 fully saturated rings. The van der Waals surface area contributed by atoms with Crippen LogP contribution in [0.1, 0.15) is 41.7 Å². The number of hydrogen-bond acceptors (Lipinski definition) is 5. The smallest absolute Gasteiger partial charge is 0.266 e. The lowest BCUT2D eigenvalue weighted by molar-refractivity contribution is -0.124. The van der Waals surface area contributed by atoms with Crippen molar-refractivity contribution in [2.75, 3.05) is 7.11 Å². The molecule has 1 amide bonds. The molecule has 2 aromatic rings. The topological polar surface area (TPSA) is 29.5 Å². The maximum Gasteiger partial charge on any atom is 0.266 e. The van der Waals surface area contributed by atoms with E-state index in [0.717, 1.165) is 43.3 Å². The van der Waals surface area contributed by atoms with Crippen LogP contribution >= 0.6 is 35.3 Å². The van der Waals surface area contributed by atoms with Crippen molar-refractivity contribution in [3.63, 3.8) is 0 Å². The third-order valence-electron chi connectivity index (χ3n) is 6.78. The Morgan fingerprint density at radius 3 is 2.73 bits per heavy atom. The maximum absolute atomic E-state index is 13.2. The van der Waals surface area contributed by atoms with Gasteiger partial charge in [0.25, 0.3) is 5.91 Å². The van der Waals surface area contributed by atoms with Gasteiger partial charge in [0.05, 0.1) is 12.0 Å². The van der Waals surface area contributed by atoms with Crippen molar-refractivity contribution < 1.29 is 9.53 Å². The molecule has 2 saturated carbocycles. The van der Waals surface area contributed by atoms with E-state index in [0.29, 0.717) is 12.0 Å². The number of benzene rings is 1. The third-order valence-corrected chi connectivity index (χ3v) is 8.99. The average molecular weight is 456 g/mol. The zero-order chi connectivity index (χ0) is 21.0. The van der Waals surface area contributed by atoms with E-state index in [9.17, 15) is 4.79 Å². The quantitative estimate of drug-likeness (QED) is 0.392. The first kappa shape index (κ1) is 20.3. The van der Waals surface area contributed by atoms with E-state index >= 15 is 0 Å². The summed E-state index contributed by atoms with van der Waals surface area (Å²) in [4.78, 5) is 17.0. The monoisotopic (exact) mass is 455 g/mol. The number of nitrogens with zero attached hydrogens (tertiary/aromatic N) is 1. The molecule has 156 valence electrons. The van der Waals surface area contributed by atoms with Gasteiger partial charge in [0.1, 0.15) is 10.1 Å². The third kappa shape index (κ3) is 3.43. The van der Waals surface area contributed by atoms with E-state index in [1.54, 1.807) is 18.4 Å². The van der Waals surface area contributed by atoms with Crippen LogP contribution in [0.2, 0.25) is 0 Å². The van der Waals surface area contributed by atoms with Crippen LogP contribution in [-0.4, -0.2) is 28.3 Å². The molecular formula is C24H25NO2S3. The van der Waals surface area contributed by atoms with Gasteiger partial charge in [0.15, 0.2) is 0 Å². The Hall–Kier alpha value is -1.63. The fourth-order valence-electron chi connectivity index (χ4n) is 5.33. The standard InChI is InChI=1S/C24H25NO2S3/c1-13-6-19(14(2)21(7-13)27-3)17-10-18(29-12-17)11-22-23(26)25(24(28)30-22)20-9-15-4-5-16(20)8-15/h6-7,10-12,15-16,20H,4-5,8-9H2,1-3H3/b22-11+. The highest BCUT2D eigenvalue weighted by Gasteiger charge is 2.47. The predicted octanol–water partition coefficient (Wildman–Crippen LogP) is 6.43. The van der Waals surface area contributed by atoms with E-state index in [2.05, 4.69) is 37.4 Å². The summed E-state index contributed by atoms with van der Waals surface area (Å²) in [6.07, 6.45) is 6.99. The summed E-state index contributed by atoms with van der Waals surface area (Å²) in [5.74, 6) is 2.45. The van der Waals surface area contributed by atoms with Gasteiger partial charge in [-0.2, -0.15) is 0 Å². The number of thioether (sulfide) groups is 1. The van der Waals surface area contributed by atoms with Crippen molar-refractivity contribution >= 4 is 51.6 Å². The number of methoxy groups -OCH3 is 1. The highest BCUT2D eigenvalue weighted by Crippen LogP contribution is 2.49. The van der Waals surface area contributed by atoms with Crippen molar-refractivity contribution in [3.8, 4) is 16.9 Å². The molecule has 0 radical (unpaired) electrons. The summed E-state index contributed by atoms with van der Waals surface area (Å²) in [6.45, 7) is 4.17. The van der Waals surface area contributed by atoms with Gasteiger partial charge in [0.2, 0.25) is 0 Å². The van der Waals surface area contributed by atoms with Crippen LogP contribution in [0.5, 0.6) is 5.75 Å². The van der Waals surface area contributed by atoms with Gasteiger partial charge < -0.3 is 4.74 Å². The van der Waals surface area contributed by atoms with Gasteiger partial charge in [0, 0.05) is 10.9 Å². The van der Waals surface area contributed by atoms with Crippen LogP contribution in [0.3, 0.4) is 0 Å². The normalized spacial score (nSPS) is 27.0. The van der Waals surface area contributed by atoms with E-state index < -0.39 is 0 Å². The zero-order valence-electron chi connectivity index (χ0n) is 17.4. The second kappa shape index (κ2) is 7.81. The number of carbonyl (C=O) groups excluding carboxylic acids is 1. The van der Waals surface area contributed by atoms with Crippen LogP contribution in [-0.2, 0) is 4.79 Å². The molecule has 2 aliphatic carbocycles. The molecule has 6 heteroatoms. The molecule has 0 spiro atoms. The van der Waals surface area contributed by atoms with Crippen molar-refractivity contribution in [2.45, 2.75) is 45.6 Å². The van der Waals surface area contributed by atoms with Gasteiger partial charge in [-0.3, -0.25) is 9.69 Å². The fraction of sp³-hybridized carbons (Fsp3) is 0.417. The molecule has 2 bridgehead atoms. The lowest BCUT2D eigenvalue weighted by atomic mass is 9.94. The summed E-state index contributed by atoms with van der Waals surface area (Å²) in [5, 5.41) is 2.16. The molecule has 3 nitrogen and oxygen atoms in total. The van der Waals surface area contributed by atoms with Crippen LogP contribution in [0.25, 0.3) is 17.2 Å². The first-order chi connectivity index (χ1) is 14.4. The second-order valence-electron chi connectivity index (χ2n) is 8.67. The van der Waals surface area contributed by atoms with Gasteiger partial charge in [-0.15, -0.1) is 11.3 Å². The number of rotatable bonds is 4. The summed E-state index contributed by atoms with van der Waals surface area (Å²) in [6, 6.07) is 6.74. The van der Waals surface area contributed by atoms with Crippen molar-refractivity contribution in [1.29, 1.82) is 0 Å². The number of amides is 1. The molecule has 0 N–H and O–H groups in total. The highest BCUT2D eigenvalue weighted by atomic mass is 32.2. The number of fused-ring (bicyclic) bond motifs is 2.